The highest BCUT2D eigenvalue weighted by molar-refractivity contribution is 7.89. The van der Waals surface area contributed by atoms with E-state index in [1.165, 1.54) is 6.07 Å². The number of sulfonamides is 1. The molecule has 21 heavy (non-hydrogen) atoms. The fourth-order valence-corrected chi connectivity index (χ4v) is 4.38. The molecule has 3 N–H and O–H groups in total. The molecule has 2 atom stereocenters. The van der Waals surface area contributed by atoms with Crippen LogP contribution >= 0.6 is 0 Å². The predicted molar refractivity (Wildman–Crippen MR) is 78.8 cm³/mol. The minimum Gasteiger partial charge on any atom is -0.492 e. The summed E-state index contributed by atoms with van der Waals surface area (Å²) in [7, 11) is -3.68. The van der Waals surface area contributed by atoms with E-state index in [1.807, 2.05) is 6.92 Å². The lowest BCUT2D eigenvalue weighted by Gasteiger charge is -2.23. The second-order valence-electron chi connectivity index (χ2n) is 5.55. The Morgan fingerprint density at radius 3 is 2.86 bits per heavy atom. The monoisotopic (exact) mass is 312 g/mol. The van der Waals surface area contributed by atoms with E-state index in [0.29, 0.717) is 31.1 Å². The molecule has 0 amide bonds. The molecular formula is C14H20N2O4S. The molecule has 0 bridgehead atoms. The smallest absolute Gasteiger partial charge is 0.244 e. The van der Waals surface area contributed by atoms with Gasteiger partial charge in [0.2, 0.25) is 10.0 Å². The van der Waals surface area contributed by atoms with Crippen LogP contribution in [0.15, 0.2) is 17.0 Å². The van der Waals surface area contributed by atoms with E-state index in [-0.39, 0.29) is 17.0 Å². The van der Waals surface area contributed by atoms with Crippen LogP contribution in [0.5, 0.6) is 5.75 Å². The zero-order valence-corrected chi connectivity index (χ0v) is 12.8. The number of anilines is 1. The summed E-state index contributed by atoms with van der Waals surface area (Å²) in [5, 5.41) is 0. The molecule has 116 valence electrons. The van der Waals surface area contributed by atoms with Crippen molar-refractivity contribution in [1.29, 1.82) is 0 Å². The molecule has 6 nitrogen and oxygen atoms in total. The molecule has 0 aliphatic carbocycles. The molecular weight excluding hydrogens is 292 g/mol. The number of benzene rings is 1. The second-order valence-corrected chi connectivity index (χ2v) is 7.23. The maximum absolute atomic E-state index is 12.7. The Labute approximate surface area is 124 Å². The fourth-order valence-electron chi connectivity index (χ4n) is 2.82. The largest absolute Gasteiger partial charge is 0.492 e. The van der Waals surface area contributed by atoms with Gasteiger partial charge in [0, 0.05) is 12.3 Å². The Balaban J connectivity index is 1.96. The number of aryl methyl sites for hydroxylation is 1. The summed E-state index contributed by atoms with van der Waals surface area (Å²) in [5.74, 6) is 0.439. The van der Waals surface area contributed by atoms with E-state index >= 15 is 0 Å². The first kappa shape index (κ1) is 14.6. The summed E-state index contributed by atoms with van der Waals surface area (Å²) in [5.41, 5.74) is 7.14. The predicted octanol–water partition coefficient (Wildman–Crippen LogP) is 1.05. The van der Waals surface area contributed by atoms with Crippen molar-refractivity contribution in [3.05, 3.63) is 17.7 Å². The SMILES string of the molecule is CC1OCCC1NS(=O)(=O)c1cc(N)cc2c1OCCC2. The van der Waals surface area contributed by atoms with Gasteiger partial charge >= 0.3 is 0 Å². The molecule has 2 heterocycles. The van der Waals surface area contributed by atoms with Gasteiger partial charge in [-0.2, -0.15) is 0 Å². The molecule has 3 rings (SSSR count). The van der Waals surface area contributed by atoms with Crippen LogP contribution in [0, 0.1) is 0 Å². The first-order valence-electron chi connectivity index (χ1n) is 7.16. The van der Waals surface area contributed by atoms with Crippen molar-refractivity contribution in [3.63, 3.8) is 0 Å². The summed E-state index contributed by atoms with van der Waals surface area (Å²) in [6, 6.07) is 3.04. The van der Waals surface area contributed by atoms with Crippen LogP contribution in [0.2, 0.25) is 0 Å². The molecule has 1 fully saturated rings. The molecule has 2 aliphatic heterocycles. The van der Waals surface area contributed by atoms with Gasteiger partial charge in [0.1, 0.15) is 10.6 Å². The topological polar surface area (TPSA) is 90.7 Å². The Kier molecular flexibility index (Phi) is 3.81. The summed E-state index contributed by atoms with van der Waals surface area (Å²) in [4.78, 5) is 0.135. The van der Waals surface area contributed by atoms with E-state index in [1.54, 1.807) is 6.07 Å². The number of nitrogens with two attached hydrogens (primary N) is 1. The van der Waals surface area contributed by atoms with Gasteiger partial charge in [0.05, 0.1) is 18.8 Å². The standard InChI is InChI=1S/C14H20N2O4S/c1-9-12(4-6-19-9)16-21(17,18)13-8-11(15)7-10-3-2-5-20-14(10)13/h7-9,12,16H,2-6,15H2,1H3. The van der Waals surface area contributed by atoms with Crippen LogP contribution in [-0.2, 0) is 21.2 Å². The maximum atomic E-state index is 12.7. The third-order valence-corrected chi connectivity index (χ3v) is 5.46. The van der Waals surface area contributed by atoms with Crippen LogP contribution in [0.4, 0.5) is 5.69 Å². The highest BCUT2D eigenvalue weighted by Crippen LogP contribution is 2.34. The van der Waals surface area contributed by atoms with Crippen molar-refractivity contribution in [3.8, 4) is 5.75 Å². The Hall–Kier alpha value is -1.31. The third-order valence-electron chi connectivity index (χ3n) is 3.96. The molecule has 0 spiro atoms. The molecule has 2 unspecified atom stereocenters. The first-order valence-corrected chi connectivity index (χ1v) is 8.65. The lowest BCUT2D eigenvalue weighted by Crippen LogP contribution is -2.39. The Bertz CT molecular complexity index is 645. The van der Waals surface area contributed by atoms with Gasteiger partial charge in [-0.15, -0.1) is 0 Å². The van der Waals surface area contributed by atoms with Gasteiger partial charge in [0.25, 0.3) is 0 Å². The average Bonchev–Trinajstić information content (AvgIpc) is 2.82. The second kappa shape index (κ2) is 5.47. The Morgan fingerprint density at radius 1 is 1.33 bits per heavy atom. The lowest BCUT2D eigenvalue weighted by molar-refractivity contribution is 0.117. The quantitative estimate of drug-likeness (QED) is 0.814. The number of ether oxygens (including phenoxy) is 2. The minimum atomic E-state index is -3.68. The van der Waals surface area contributed by atoms with Gasteiger partial charge in [-0.3, -0.25) is 0 Å². The van der Waals surface area contributed by atoms with Crippen molar-refractivity contribution < 1.29 is 17.9 Å². The van der Waals surface area contributed by atoms with E-state index in [2.05, 4.69) is 4.72 Å². The van der Waals surface area contributed by atoms with Crippen molar-refractivity contribution >= 4 is 15.7 Å². The molecule has 1 aromatic rings. The van der Waals surface area contributed by atoms with Gasteiger partial charge in [-0.05, 0) is 43.9 Å². The van der Waals surface area contributed by atoms with E-state index in [9.17, 15) is 8.42 Å². The van der Waals surface area contributed by atoms with Gasteiger partial charge < -0.3 is 15.2 Å². The molecule has 7 heteroatoms. The highest BCUT2D eigenvalue weighted by atomic mass is 32.2. The summed E-state index contributed by atoms with van der Waals surface area (Å²) < 4.78 is 39.0. The molecule has 2 aliphatic rings. The average molecular weight is 312 g/mol. The van der Waals surface area contributed by atoms with E-state index < -0.39 is 10.0 Å². The molecule has 0 radical (unpaired) electrons. The number of rotatable bonds is 3. The zero-order chi connectivity index (χ0) is 15.0. The number of fused-ring (bicyclic) bond motifs is 1. The van der Waals surface area contributed by atoms with Gasteiger partial charge in [-0.25, -0.2) is 13.1 Å². The number of hydrogen-bond donors (Lipinski definition) is 2. The van der Waals surface area contributed by atoms with Crippen molar-refractivity contribution in [2.24, 2.45) is 0 Å². The van der Waals surface area contributed by atoms with Crippen LogP contribution in [0.3, 0.4) is 0 Å². The minimum absolute atomic E-state index is 0.127. The zero-order valence-electron chi connectivity index (χ0n) is 12.0. The van der Waals surface area contributed by atoms with E-state index in [0.717, 1.165) is 18.4 Å². The number of hydrogen-bond acceptors (Lipinski definition) is 5. The van der Waals surface area contributed by atoms with Gasteiger partial charge in [-0.1, -0.05) is 0 Å². The fraction of sp³-hybridized carbons (Fsp3) is 0.571. The number of nitrogens with one attached hydrogen (secondary N) is 1. The van der Waals surface area contributed by atoms with Crippen LogP contribution in [-0.4, -0.2) is 33.8 Å². The van der Waals surface area contributed by atoms with Crippen LogP contribution in [0.25, 0.3) is 0 Å². The first-order chi connectivity index (χ1) is 9.97. The summed E-state index contributed by atoms with van der Waals surface area (Å²) in [6.07, 6.45) is 2.20. The van der Waals surface area contributed by atoms with Crippen LogP contribution in [0.1, 0.15) is 25.3 Å². The third kappa shape index (κ3) is 2.86. The molecule has 0 saturated carbocycles. The lowest BCUT2D eigenvalue weighted by atomic mass is 10.1. The summed E-state index contributed by atoms with van der Waals surface area (Å²) in [6.45, 7) is 2.97. The highest BCUT2D eigenvalue weighted by Gasteiger charge is 2.32. The normalized spacial score (nSPS) is 25.4. The van der Waals surface area contributed by atoms with Crippen molar-refractivity contribution in [1.82, 2.24) is 4.72 Å². The van der Waals surface area contributed by atoms with Crippen molar-refractivity contribution in [2.75, 3.05) is 18.9 Å². The molecule has 0 aromatic heterocycles. The van der Waals surface area contributed by atoms with Crippen molar-refractivity contribution in [2.45, 2.75) is 43.2 Å². The molecule has 1 saturated heterocycles. The summed E-state index contributed by atoms with van der Waals surface area (Å²) >= 11 is 0. The molecule has 1 aromatic carbocycles. The van der Waals surface area contributed by atoms with Crippen LogP contribution < -0.4 is 15.2 Å². The Morgan fingerprint density at radius 2 is 2.14 bits per heavy atom. The maximum Gasteiger partial charge on any atom is 0.244 e. The van der Waals surface area contributed by atoms with Gasteiger partial charge in [0.15, 0.2) is 0 Å². The number of nitrogen functional groups attached to an aromatic ring is 1. The van der Waals surface area contributed by atoms with E-state index in [4.69, 9.17) is 15.2 Å².